The van der Waals surface area contributed by atoms with Crippen LogP contribution in [-0.2, 0) is 6.42 Å². The van der Waals surface area contributed by atoms with Crippen LogP contribution >= 0.6 is 0 Å². The number of nitrogen functional groups attached to an aromatic ring is 1. The van der Waals surface area contributed by atoms with Gasteiger partial charge in [-0.15, -0.1) is 0 Å². The lowest BCUT2D eigenvalue weighted by atomic mass is 10.0. The molecule has 3 rings (SSSR count). The van der Waals surface area contributed by atoms with Crippen molar-refractivity contribution in [2.75, 3.05) is 49.9 Å². The van der Waals surface area contributed by atoms with Gasteiger partial charge in [-0.1, -0.05) is 30.7 Å². The summed E-state index contributed by atoms with van der Waals surface area (Å²) in [5.74, 6) is -0.450. The summed E-state index contributed by atoms with van der Waals surface area (Å²) < 4.78 is 0. The van der Waals surface area contributed by atoms with Crippen LogP contribution in [0, 0.1) is 0 Å². The molecule has 6 nitrogen and oxygen atoms in total. The fourth-order valence-electron chi connectivity index (χ4n) is 3.95. The molecular formula is C24H34N4O2. The molecule has 30 heavy (non-hydrogen) atoms. The van der Waals surface area contributed by atoms with Crippen molar-refractivity contribution in [1.29, 1.82) is 0 Å². The molecule has 0 unspecified atom stereocenters. The predicted molar refractivity (Wildman–Crippen MR) is 122 cm³/mol. The maximum absolute atomic E-state index is 12.0. The fraction of sp³-hybridized carbons (Fsp3) is 0.458. The number of benzene rings is 2. The summed E-state index contributed by atoms with van der Waals surface area (Å²) in [6.07, 6.45) is 4.45. The van der Waals surface area contributed by atoms with Crippen LogP contribution in [-0.4, -0.2) is 60.3 Å². The van der Waals surface area contributed by atoms with Gasteiger partial charge in [0.2, 0.25) is 0 Å². The molecule has 1 heterocycles. The van der Waals surface area contributed by atoms with Gasteiger partial charge in [0.25, 0.3) is 5.91 Å². The zero-order valence-electron chi connectivity index (χ0n) is 18.0. The Morgan fingerprint density at radius 2 is 1.77 bits per heavy atom. The maximum atomic E-state index is 12.0. The van der Waals surface area contributed by atoms with E-state index in [-0.39, 0.29) is 6.54 Å². The van der Waals surface area contributed by atoms with Crippen molar-refractivity contribution in [2.24, 2.45) is 0 Å². The molecule has 2 aromatic carbocycles. The topological polar surface area (TPSA) is 73.0 Å². The van der Waals surface area contributed by atoms with E-state index in [0.717, 1.165) is 51.1 Å². The Bertz CT molecular complexity index is 804. The molecule has 0 saturated carbocycles. The number of nitrogens with two attached hydrogens (primary N) is 1. The van der Waals surface area contributed by atoms with E-state index in [2.05, 4.69) is 40.1 Å². The number of amides is 1. The highest BCUT2D eigenvalue weighted by molar-refractivity contribution is 5.98. The van der Waals surface area contributed by atoms with Gasteiger partial charge in [0.05, 0.1) is 5.56 Å². The van der Waals surface area contributed by atoms with Gasteiger partial charge in [0.15, 0.2) is 0 Å². The lowest BCUT2D eigenvalue weighted by molar-refractivity contribution is -0.0540. The standard InChI is InChI=1S/C24H34N4O2/c1-2-28(30)24(29)22-13-12-20(19-23(22)25)9-5-4-8-14-26-15-17-27(18-16-26)21-10-6-3-7-11-21/h3,6-7,10-13,19,30H,2,4-5,8-9,14-18,25H2,1H3. The van der Waals surface area contributed by atoms with Crippen LogP contribution < -0.4 is 10.6 Å². The first kappa shape index (κ1) is 22.1. The third-order valence-corrected chi connectivity index (χ3v) is 5.81. The molecule has 1 amide bonds. The number of carbonyl (C=O) groups is 1. The van der Waals surface area contributed by atoms with E-state index in [0.29, 0.717) is 16.3 Å². The fourth-order valence-corrected chi connectivity index (χ4v) is 3.95. The molecule has 0 aliphatic carbocycles. The number of unbranched alkanes of at least 4 members (excludes halogenated alkanes) is 2. The van der Waals surface area contributed by atoms with E-state index >= 15 is 0 Å². The predicted octanol–water partition coefficient (Wildman–Crippen LogP) is 3.66. The molecule has 0 aromatic heterocycles. The van der Waals surface area contributed by atoms with Gasteiger partial charge in [-0.3, -0.25) is 14.9 Å². The SMILES string of the molecule is CCN(O)C(=O)c1ccc(CCCCCN2CCN(c3ccccc3)CC2)cc1N. The van der Waals surface area contributed by atoms with Crippen molar-refractivity contribution in [3.63, 3.8) is 0 Å². The van der Waals surface area contributed by atoms with E-state index < -0.39 is 5.91 Å². The number of para-hydroxylation sites is 1. The van der Waals surface area contributed by atoms with Crippen molar-refractivity contribution < 1.29 is 10.0 Å². The van der Waals surface area contributed by atoms with Crippen LogP contribution in [0.4, 0.5) is 11.4 Å². The summed E-state index contributed by atoms with van der Waals surface area (Å²) in [5.41, 5.74) is 9.28. The van der Waals surface area contributed by atoms with Gasteiger partial charge in [-0.05, 0) is 62.6 Å². The van der Waals surface area contributed by atoms with E-state index in [9.17, 15) is 10.0 Å². The van der Waals surface area contributed by atoms with Crippen LogP contribution in [0.2, 0.25) is 0 Å². The molecule has 6 heteroatoms. The Kier molecular flexibility index (Phi) is 8.11. The average Bonchev–Trinajstić information content (AvgIpc) is 2.79. The molecule has 1 saturated heterocycles. The minimum absolute atomic E-state index is 0.237. The van der Waals surface area contributed by atoms with Crippen LogP contribution in [0.3, 0.4) is 0 Å². The lowest BCUT2D eigenvalue weighted by Gasteiger charge is -2.36. The van der Waals surface area contributed by atoms with Crippen LogP contribution in [0.5, 0.6) is 0 Å². The third-order valence-electron chi connectivity index (χ3n) is 5.81. The van der Waals surface area contributed by atoms with Crippen LogP contribution in [0.15, 0.2) is 48.5 Å². The molecule has 1 aliphatic rings. The molecule has 0 spiro atoms. The second-order valence-corrected chi connectivity index (χ2v) is 7.92. The molecule has 1 aliphatic heterocycles. The van der Waals surface area contributed by atoms with Gasteiger partial charge in [-0.25, -0.2) is 5.06 Å². The van der Waals surface area contributed by atoms with Crippen molar-refractivity contribution >= 4 is 17.3 Å². The number of anilines is 2. The van der Waals surface area contributed by atoms with Crippen molar-refractivity contribution in [3.05, 3.63) is 59.7 Å². The average molecular weight is 411 g/mol. The third kappa shape index (κ3) is 5.97. The largest absolute Gasteiger partial charge is 0.398 e. The van der Waals surface area contributed by atoms with E-state index in [1.54, 1.807) is 13.0 Å². The first-order valence-electron chi connectivity index (χ1n) is 11.0. The number of carbonyl (C=O) groups excluding carboxylic acids is 1. The van der Waals surface area contributed by atoms with E-state index in [1.165, 1.54) is 18.5 Å². The van der Waals surface area contributed by atoms with Crippen molar-refractivity contribution in [1.82, 2.24) is 9.96 Å². The molecular weight excluding hydrogens is 376 g/mol. The molecule has 0 atom stereocenters. The Balaban J connectivity index is 1.34. The number of nitrogens with zero attached hydrogens (tertiary/aromatic N) is 3. The first-order valence-corrected chi connectivity index (χ1v) is 11.0. The maximum Gasteiger partial charge on any atom is 0.279 e. The Hall–Kier alpha value is -2.57. The quantitative estimate of drug-likeness (QED) is 0.286. The Labute approximate surface area is 179 Å². The number of hydrogen-bond acceptors (Lipinski definition) is 5. The number of hydrogen-bond donors (Lipinski definition) is 2. The zero-order valence-corrected chi connectivity index (χ0v) is 18.0. The second-order valence-electron chi connectivity index (χ2n) is 7.92. The molecule has 162 valence electrons. The summed E-state index contributed by atoms with van der Waals surface area (Å²) in [4.78, 5) is 17.1. The van der Waals surface area contributed by atoms with Gasteiger partial charge in [0.1, 0.15) is 0 Å². The first-order chi connectivity index (χ1) is 14.6. The highest BCUT2D eigenvalue weighted by atomic mass is 16.5. The Morgan fingerprint density at radius 1 is 1.03 bits per heavy atom. The van der Waals surface area contributed by atoms with Crippen LogP contribution in [0.1, 0.15) is 42.1 Å². The highest BCUT2D eigenvalue weighted by Crippen LogP contribution is 2.19. The monoisotopic (exact) mass is 410 g/mol. The molecule has 2 aromatic rings. The normalized spacial score (nSPS) is 14.7. The molecule has 0 bridgehead atoms. The van der Waals surface area contributed by atoms with Crippen molar-refractivity contribution in [3.8, 4) is 0 Å². The number of rotatable bonds is 9. The smallest absolute Gasteiger partial charge is 0.279 e. The molecule has 3 N–H and O–H groups in total. The minimum atomic E-state index is -0.450. The van der Waals surface area contributed by atoms with Crippen LogP contribution in [0.25, 0.3) is 0 Å². The number of hydroxylamine groups is 2. The molecule has 0 radical (unpaired) electrons. The van der Waals surface area contributed by atoms with Gasteiger partial charge < -0.3 is 10.6 Å². The Morgan fingerprint density at radius 3 is 2.43 bits per heavy atom. The zero-order chi connectivity index (χ0) is 21.3. The summed E-state index contributed by atoms with van der Waals surface area (Å²) >= 11 is 0. The lowest BCUT2D eigenvalue weighted by Crippen LogP contribution is -2.46. The number of piperazine rings is 1. The molecule has 1 fully saturated rings. The van der Waals surface area contributed by atoms with Gasteiger partial charge in [-0.2, -0.15) is 0 Å². The van der Waals surface area contributed by atoms with Gasteiger partial charge >= 0.3 is 0 Å². The summed E-state index contributed by atoms with van der Waals surface area (Å²) in [7, 11) is 0. The number of aryl methyl sites for hydroxylation is 1. The summed E-state index contributed by atoms with van der Waals surface area (Å²) in [6, 6.07) is 16.2. The van der Waals surface area contributed by atoms with E-state index in [4.69, 9.17) is 5.73 Å². The minimum Gasteiger partial charge on any atom is -0.398 e. The van der Waals surface area contributed by atoms with Gasteiger partial charge in [0, 0.05) is 44.1 Å². The summed E-state index contributed by atoms with van der Waals surface area (Å²) in [6.45, 7) is 7.55. The van der Waals surface area contributed by atoms with Crippen molar-refractivity contribution in [2.45, 2.75) is 32.6 Å². The van der Waals surface area contributed by atoms with E-state index in [1.807, 2.05) is 12.1 Å². The highest BCUT2D eigenvalue weighted by Gasteiger charge is 2.17. The summed E-state index contributed by atoms with van der Waals surface area (Å²) in [5, 5.41) is 10.3. The second kappa shape index (κ2) is 11.0.